The predicted octanol–water partition coefficient (Wildman–Crippen LogP) is 6.02. The molecule has 2 aromatic carbocycles. The van der Waals surface area contributed by atoms with Crippen LogP contribution in [0.3, 0.4) is 0 Å². The molecule has 3 N–H and O–H groups in total. The fourth-order valence-electron chi connectivity index (χ4n) is 4.37. The highest BCUT2D eigenvalue weighted by Gasteiger charge is 2.27. The molecule has 8 nitrogen and oxygen atoms in total. The number of imidazole rings is 1. The summed E-state index contributed by atoms with van der Waals surface area (Å²) in [7, 11) is 1.58. The number of carbonyl (C=O) groups excluding carboxylic acids is 1. The van der Waals surface area contributed by atoms with Crippen LogP contribution in [-0.4, -0.2) is 46.4 Å². The zero-order valence-electron chi connectivity index (χ0n) is 21.8. The van der Waals surface area contributed by atoms with Crippen molar-refractivity contribution in [3.05, 3.63) is 65.4 Å². The number of fused-ring (bicyclic) bond motifs is 1. The van der Waals surface area contributed by atoms with Crippen molar-refractivity contribution < 1.29 is 22.7 Å². The number of hydrogen-bond donors (Lipinski definition) is 3. The monoisotopic (exact) mass is 538 g/mol. The van der Waals surface area contributed by atoms with E-state index in [0.717, 1.165) is 35.2 Å². The second kappa shape index (κ2) is 10.5. The number of aromatic nitrogens is 3. The molecule has 0 radical (unpaired) electrons. The lowest BCUT2D eigenvalue weighted by atomic mass is 10.0. The maximum atomic E-state index is 12.9. The van der Waals surface area contributed by atoms with Gasteiger partial charge in [0.05, 0.1) is 31.1 Å². The first-order valence-corrected chi connectivity index (χ1v) is 12.6. The lowest BCUT2D eigenvalue weighted by Crippen LogP contribution is -2.26. The van der Waals surface area contributed by atoms with Crippen LogP contribution in [0.4, 0.5) is 30.4 Å². The second-order valence-electron chi connectivity index (χ2n) is 9.65. The summed E-state index contributed by atoms with van der Waals surface area (Å²) in [6.07, 6.45) is -1.66. The third kappa shape index (κ3) is 5.92. The highest BCUT2D eigenvalue weighted by Crippen LogP contribution is 2.31. The SMILES string of the molecule is COc1cccc(Nc2cc(NCCC(F)(F)F)c3ncc(-c4ccc(C(=O)NC5CC5)c(C)c4)n3n2)c1C. The number of carbonyl (C=O) groups is 1. The van der Waals surface area contributed by atoms with Crippen molar-refractivity contribution in [2.75, 3.05) is 24.3 Å². The summed E-state index contributed by atoms with van der Waals surface area (Å²) in [5, 5.41) is 13.8. The van der Waals surface area contributed by atoms with Gasteiger partial charge in [-0.15, -0.1) is 5.10 Å². The molecule has 11 heteroatoms. The Morgan fingerprint density at radius 2 is 1.92 bits per heavy atom. The predicted molar refractivity (Wildman–Crippen MR) is 144 cm³/mol. The normalized spacial score (nSPS) is 13.4. The van der Waals surface area contributed by atoms with Crippen molar-refractivity contribution in [3.63, 3.8) is 0 Å². The average molecular weight is 539 g/mol. The number of rotatable bonds is 9. The molecule has 204 valence electrons. The molecular formula is C28H29F3N6O2. The summed E-state index contributed by atoms with van der Waals surface area (Å²) >= 11 is 0. The molecule has 1 aliphatic rings. The van der Waals surface area contributed by atoms with Crippen LogP contribution in [0.15, 0.2) is 48.7 Å². The van der Waals surface area contributed by atoms with E-state index in [0.29, 0.717) is 34.2 Å². The largest absolute Gasteiger partial charge is 0.496 e. The summed E-state index contributed by atoms with van der Waals surface area (Å²) in [5.74, 6) is 0.994. The molecule has 0 aliphatic heterocycles. The van der Waals surface area contributed by atoms with Crippen molar-refractivity contribution in [1.29, 1.82) is 0 Å². The summed E-state index contributed by atoms with van der Waals surface area (Å²) in [5.41, 5.74) is 5.18. The van der Waals surface area contributed by atoms with Gasteiger partial charge >= 0.3 is 6.18 Å². The van der Waals surface area contributed by atoms with E-state index in [1.54, 1.807) is 30.0 Å². The zero-order chi connectivity index (χ0) is 27.7. The number of methoxy groups -OCH3 is 1. The van der Waals surface area contributed by atoms with E-state index in [-0.39, 0.29) is 18.5 Å². The van der Waals surface area contributed by atoms with E-state index in [2.05, 4.69) is 20.9 Å². The lowest BCUT2D eigenvalue weighted by Gasteiger charge is -2.15. The number of alkyl halides is 3. The van der Waals surface area contributed by atoms with Gasteiger partial charge in [-0.25, -0.2) is 9.50 Å². The summed E-state index contributed by atoms with van der Waals surface area (Å²) in [4.78, 5) is 17.1. The first kappa shape index (κ1) is 26.3. The molecule has 0 saturated heterocycles. The number of aryl methyl sites for hydroxylation is 1. The van der Waals surface area contributed by atoms with Crippen molar-refractivity contribution in [3.8, 4) is 17.0 Å². The molecule has 1 saturated carbocycles. The fraction of sp³-hybridized carbons (Fsp3) is 0.321. The van der Waals surface area contributed by atoms with Gasteiger partial charge in [-0.05, 0) is 56.5 Å². The Hall–Kier alpha value is -4.28. The molecule has 0 spiro atoms. The Balaban J connectivity index is 1.53. The number of hydrogen-bond acceptors (Lipinski definition) is 6. The minimum atomic E-state index is -4.29. The van der Waals surface area contributed by atoms with Crippen LogP contribution < -0.4 is 20.7 Å². The van der Waals surface area contributed by atoms with Gasteiger partial charge in [0.2, 0.25) is 0 Å². The molecule has 39 heavy (non-hydrogen) atoms. The molecule has 4 aromatic rings. The molecule has 0 unspecified atom stereocenters. The molecule has 2 aromatic heterocycles. The Labute approximate surface area is 223 Å². The zero-order valence-corrected chi connectivity index (χ0v) is 21.8. The quantitative estimate of drug-likeness (QED) is 0.241. The summed E-state index contributed by atoms with van der Waals surface area (Å²) in [6, 6.07) is 12.9. The van der Waals surface area contributed by atoms with Crippen LogP contribution in [0.1, 0.15) is 40.7 Å². The number of ether oxygens (including phenoxy) is 1. The molecule has 5 rings (SSSR count). The maximum Gasteiger partial charge on any atom is 0.390 e. The first-order chi connectivity index (χ1) is 18.6. The molecule has 1 fully saturated rings. The highest BCUT2D eigenvalue weighted by molar-refractivity contribution is 5.96. The number of benzene rings is 2. The fourth-order valence-corrected chi connectivity index (χ4v) is 4.37. The van der Waals surface area contributed by atoms with Gasteiger partial charge in [-0.2, -0.15) is 13.2 Å². The van der Waals surface area contributed by atoms with Crippen LogP contribution >= 0.6 is 0 Å². The average Bonchev–Trinajstić information content (AvgIpc) is 3.59. The molecule has 0 bridgehead atoms. The molecule has 2 heterocycles. The van der Waals surface area contributed by atoms with Gasteiger partial charge in [0.25, 0.3) is 5.91 Å². The minimum absolute atomic E-state index is 0.103. The van der Waals surface area contributed by atoms with E-state index >= 15 is 0 Å². The van der Waals surface area contributed by atoms with Crippen molar-refractivity contribution in [1.82, 2.24) is 19.9 Å². The van der Waals surface area contributed by atoms with Crippen molar-refractivity contribution in [2.45, 2.75) is 45.3 Å². The maximum absolute atomic E-state index is 12.9. The summed E-state index contributed by atoms with van der Waals surface area (Å²) in [6.45, 7) is 3.45. The van der Waals surface area contributed by atoms with Gasteiger partial charge < -0.3 is 20.7 Å². The van der Waals surface area contributed by atoms with Crippen molar-refractivity contribution in [2.24, 2.45) is 0 Å². The van der Waals surface area contributed by atoms with E-state index in [4.69, 9.17) is 9.84 Å². The van der Waals surface area contributed by atoms with Crippen LogP contribution in [0.25, 0.3) is 16.9 Å². The molecule has 0 atom stereocenters. The third-order valence-electron chi connectivity index (χ3n) is 6.64. The van der Waals surface area contributed by atoms with Gasteiger partial charge in [0.15, 0.2) is 11.5 Å². The van der Waals surface area contributed by atoms with Gasteiger partial charge in [0, 0.05) is 41.0 Å². The topological polar surface area (TPSA) is 92.6 Å². The number of nitrogens with zero attached hydrogens (tertiary/aromatic N) is 3. The van der Waals surface area contributed by atoms with E-state index in [9.17, 15) is 18.0 Å². The first-order valence-electron chi connectivity index (χ1n) is 12.6. The number of anilines is 3. The van der Waals surface area contributed by atoms with Crippen LogP contribution in [-0.2, 0) is 0 Å². The van der Waals surface area contributed by atoms with E-state index in [1.807, 2.05) is 44.2 Å². The van der Waals surface area contributed by atoms with Gasteiger partial charge in [-0.3, -0.25) is 4.79 Å². The van der Waals surface area contributed by atoms with Crippen LogP contribution in [0.5, 0.6) is 5.75 Å². The smallest absolute Gasteiger partial charge is 0.390 e. The highest BCUT2D eigenvalue weighted by atomic mass is 19.4. The number of nitrogens with one attached hydrogen (secondary N) is 3. The molecule has 1 amide bonds. The lowest BCUT2D eigenvalue weighted by molar-refractivity contribution is -0.131. The number of amides is 1. The Morgan fingerprint density at radius 1 is 1.13 bits per heavy atom. The Morgan fingerprint density at radius 3 is 2.62 bits per heavy atom. The van der Waals surface area contributed by atoms with E-state index < -0.39 is 12.6 Å². The second-order valence-corrected chi connectivity index (χ2v) is 9.65. The Kier molecular flexibility index (Phi) is 7.07. The van der Waals surface area contributed by atoms with Crippen LogP contribution in [0, 0.1) is 13.8 Å². The Bertz CT molecular complexity index is 1530. The summed E-state index contributed by atoms with van der Waals surface area (Å²) < 4.78 is 45.6. The van der Waals surface area contributed by atoms with E-state index in [1.165, 1.54) is 0 Å². The molecule has 1 aliphatic carbocycles. The minimum Gasteiger partial charge on any atom is -0.496 e. The van der Waals surface area contributed by atoms with Crippen molar-refractivity contribution >= 4 is 28.7 Å². The van der Waals surface area contributed by atoms with Gasteiger partial charge in [-0.1, -0.05) is 12.1 Å². The molecular weight excluding hydrogens is 509 g/mol. The standard InChI is InChI=1S/C28H29F3N6O2/c1-16-13-18(7-10-20(16)27(38)34-19-8-9-19)23-15-33-26-22(32-12-11-28(29,30)31)14-25(36-37(23)26)35-21-5-4-6-24(39-3)17(21)2/h4-7,10,13-15,19,32H,8-9,11-12H2,1-3H3,(H,34,38)(H,35,36). The van der Waals surface area contributed by atoms with Crippen LogP contribution in [0.2, 0.25) is 0 Å². The number of halogens is 3. The third-order valence-corrected chi connectivity index (χ3v) is 6.64. The van der Waals surface area contributed by atoms with Gasteiger partial charge in [0.1, 0.15) is 5.75 Å².